The van der Waals surface area contributed by atoms with E-state index in [-0.39, 0.29) is 11.8 Å². The minimum Gasteiger partial charge on any atom is -0.378 e. The largest absolute Gasteiger partial charge is 0.378 e. The highest BCUT2D eigenvalue weighted by molar-refractivity contribution is 5.97. The van der Waals surface area contributed by atoms with Crippen molar-refractivity contribution in [2.75, 3.05) is 26.3 Å². The number of ether oxygens (including phenoxy) is 1. The Morgan fingerprint density at radius 1 is 1.24 bits per heavy atom. The molecule has 1 saturated heterocycles. The van der Waals surface area contributed by atoms with Crippen molar-refractivity contribution in [1.82, 2.24) is 10.2 Å². The van der Waals surface area contributed by atoms with E-state index in [2.05, 4.69) is 12.2 Å². The molecule has 1 aromatic rings. The summed E-state index contributed by atoms with van der Waals surface area (Å²) in [7, 11) is 0. The Balaban J connectivity index is 1.92. The molecule has 5 heteroatoms. The SMILES string of the molecule is CCc1ccc(C(=O)N[C@@H](C)C(=O)N2CCOCC2)cc1. The Kier molecular flexibility index (Phi) is 5.33. The summed E-state index contributed by atoms with van der Waals surface area (Å²) in [5, 5.41) is 2.76. The van der Waals surface area contributed by atoms with E-state index in [1.165, 1.54) is 5.56 Å². The van der Waals surface area contributed by atoms with E-state index in [1.54, 1.807) is 24.0 Å². The van der Waals surface area contributed by atoms with Crippen molar-refractivity contribution in [3.05, 3.63) is 35.4 Å². The highest BCUT2D eigenvalue weighted by atomic mass is 16.5. The molecular formula is C16H22N2O3. The summed E-state index contributed by atoms with van der Waals surface area (Å²) in [5.41, 5.74) is 1.76. The number of carbonyl (C=O) groups is 2. The average Bonchev–Trinajstić information content (AvgIpc) is 2.55. The van der Waals surface area contributed by atoms with Crippen LogP contribution in [0.3, 0.4) is 0 Å². The Morgan fingerprint density at radius 2 is 1.86 bits per heavy atom. The van der Waals surface area contributed by atoms with Crippen LogP contribution in [0.5, 0.6) is 0 Å². The minimum absolute atomic E-state index is 0.0585. The molecule has 1 atom stereocenters. The lowest BCUT2D eigenvalue weighted by atomic mass is 10.1. The van der Waals surface area contributed by atoms with E-state index in [0.717, 1.165) is 6.42 Å². The molecule has 2 amide bonds. The predicted octanol–water partition coefficient (Wildman–Crippen LogP) is 1.23. The van der Waals surface area contributed by atoms with Crippen molar-refractivity contribution in [2.24, 2.45) is 0 Å². The zero-order valence-corrected chi connectivity index (χ0v) is 12.6. The normalized spacial score (nSPS) is 16.4. The van der Waals surface area contributed by atoms with Gasteiger partial charge >= 0.3 is 0 Å². The number of nitrogens with zero attached hydrogens (tertiary/aromatic N) is 1. The molecule has 2 rings (SSSR count). The van der Waals surface area contributed by atoms with Gasteiger partial charge < -0.3 is 15.0 Å². The van der Waals surface area contributed by atoms with E-state index >= 15 is 0 Å². The Hall–Kier alpha value is -1.88. The first-order valence-electron chi connectivity index (χ1n) is 7.38. The van der Waals surface area contributed by atoms with Gasteiger partial charge in [0.1, 0.15) is 6.04 Å². The van der Waals surface area contributed by atoms with Crippen molar-refractivity contribution in [3.63, 3.8) is 0 Å². The van der Waals surface area contributed by atoms with Crippen molar-refractivity contribution in [3.8, 4) is 0 Å². The summed E-state index contributed by atoms with van der Waals surface area (Å²) >= 11 is 0. The molecule has 5 nitrogen and oxygen atoms in total. The molecule has 0 aromatic heterocycles. The second-order valence-electron chi connectivity index (χ2n) is 5.18. The molecule has 1 N–H and O–H groups in total. The van der Waals surface area contributed by atoms with Crippen LogP contribution < -0.4 is 5.32 Å². The van der Waals surface area contributed by atoms with Crippen molar-refractivity contribution in [1.29, 1.82) is 0 Å². The lowest BCUT2D eigenvalue weighted by Crippen LogP contribution is -2.50. The Bertz CT molecular complexity index is 493. The van der Waals surface area contributed by atoms with Crippen molar-refractivity contribution >= 4 is 11.8 Å². The van der Waals surface area contributed by atoms with Gasteiger partial charge in [-0.1, -0.05) is 19.1 Å². The minimum atomic E-state index is -0.526. The van der Waals surface area contributed by atoms with Crippen LogP contribution >= 0.6 is 0 Å². The summed E-state index contributed by atoms with van der Waals surface area (Å²) in [5.74, 6) is -0.274. The predicted molar refractivity (Wildman–Crippen MR) is 80.1 cm³/mol. The second-order valence-corrected chi connectivity index (χ2v) is 5.18. The molecule has 0 radical (unpaired) electrons. The monoisotopic (exact) mass is 290 g/mol. The van der Waals surface area contributed by atoms with Gasteiger partial charge in [-0.15, -0.1) is 0 Å². The second kappa shape index (κ2) is 7.22. The van der Waals surface area contributed by atoms with Crippen LogP contribution in [-0.2, 0) is 16.0 Å². The van der Waals surface area contributed by atoms with Crippen LogP contribution in [0, 0.1) is 0 Å². The number of hydrogen-bond donors (Lipinski definition) is 1. The first-order chi connectivity index (χ1) is 10.1. The summed E-state index contributed by atoms with van der Waals surface area (Å²) in [4.78, 5) is 26.1. The van der Waals surface area contributed by atoms with Crippen LogP contribution in [0.2, 0.25) is 0 Å². The number of morpholine rings is 1. The van der Waals surface area contributed by atoms with Gasteiger partial charge in [0.05, 0.1) is 13.2 Å². The van der Waals surface area contributed by atoms with Gasteiger partial charge in [-0.25, -0.2) is 0 Å². The summed E-state index contributed by atoms with van der Waals surface area (Å²) in [6.45, 7) is 6.08. The molecule has 0 spiro atoms. The standard InChI is InChI=1S/C16H22N2O3/c1-3-13-4-6-14(7-5-13)15(19)17-12(2)16(20)18-8-10-21-11-9-18/h4-7,12H,3,8-11H2,1-2H3,(H,17,19)/t12-/m0/s1. The fourth-order valence-corrected chi connectivity index (χ4v) is 2.29. The molecule has 0 saturated carbocycles. The smallest absolute Gasteiger partial charge is 0.251 e. The molecule has 1 aliphatic heterocycles. The highest BCUT2D eigenvalue weighted by Gasteiger charge is 2.23. The third-order valence-corrected chi connectivity index (χ3v) is 3.67. The number of aryl methyl sites for hydroxylation is 1. The molecule has 1 fully saturated rings. The fourth-order valence-electron chi connectivity index (χ4n) is 2.29. The van der Waals surface area contributed by atoms with E-state index in [9.17, 15) is 9.59 Å². The van der Waals surface area contributed by atoms with Gasteiger partial charge in [0.15, 0.2) is 0 Å². The highest BCUT2D eigenvalue weighted by Crippen LogP contribution is 2.06. The molecular weight excluding hydrogens is 268 g/mol. The van der Waals surface area contributed by atoms with Gasteiger partial charge in [-0.05, 0) is 31.0 Å². The number of amides is 2. The van der Waals surface area contributed by atoms with E-state index in [0.29, 0.717) is 31.9 Å². The average molecular weight is 290 g/mol. The maximum atomic E-state index is 12.2. The van der Waals surface area contributed by atoms with Crippen molar-refractivity contribution in [2.45, 2.75) is 26.3 Å². The molecule has 0 unspecified atom stereocenters. The molecule has 0 aliphatic carbocycles. The lowest BCUT2D eigenvalue weighted by Gasteiger charge is -2.29. The van der Waals surface area contributed by atoms with Crippen LogP contribution in [0.25, 0.3) is 0 Å². The maximum absolute atomic E-state index is 12.2. The lowest BCUT2D eigenvalue weighted by molar-refractivity contribution is -0.136. The topological polar surface area (TPSA) is 58.6 Å². The van der Waals surface area contributed by atoms with Crippen LogP contribution in [0.1, 0.15) is 29.8 Å². The van der Waals surface area contributed by atoms with Gasteiger partial charge in [0.25, 0.3) is 5.91 Å². The Labute approximate surface area is 125 Å². The quantitative estimate of drug-likeness (QED) is 0.907. The van der Waals surface area contributed by atoms with Gasteiger partial charge in [0, 0.05) is 18.7 Å². The Morgan fingerprint density at radius 3 is 2.43 bits per heavy atom. The van der Waals surface area contributed by atoms with E-state index in [4.69, 9.17) is 4.74 Å². The zero-order chi connectivity index (χ0) is 15.2. The maximum Gasteiger partial charge on any atom is 0.251 e. The van der Waals surface area contributed by atoms with Crippen molar-refractivity contribution < 1.29 is 14.3 Å². The first-order valence-corrected chi connectivity index (χ1v) is 7.38. The number of rotatable bonds is 4. The summed E-state index contributed by atoms with van der Waals surface area (Å²) in [6, 6.07) is 6.92. The number of carbonyl (C=O) groups excluding carboxylic acids is 2. The molecule has 1 aliphatic rings. The summed E-state index contributed by atoms with van der Waals surface area (Å²) < 4.78 is 5.22. The number of benzene rings is 1. The van der Waals surface area contributed by atoms with Gasteiger partial charge in [0.2, 0.25) is 5.91 Å². The first kappa shape index (κ1) is 15.5. The van der Waals surface area contributed by atoms with Crippen LogP contribution in [0.15, 0.2) is 24.3 Å². The summed E-state index contributed by atoms with van der Waals surface area (Å²) in [6.07, 6.45) is 0.938. The van der Waals surface area contributed by atoms with Crippen LogP contribution in [-0.4, -0.2) is 49.1 Å². The van der Waals surface area contributed by atoms with Gasteiger partial charge in [-0.3, -0.25) is 9.59 Å². The fraction of sp³-hybridized carbons (Fsp3) is 0.500. The molecule has 21 heavy (non-hydrogen) atoms. The molecule has 0 bridgehead atoms. The number of nitrogens with one attached hydrogen (secondary N) is 1. The third kappa shape index (κ3) is 4.04. The number of hydrogen-bond acceptors (Lipinski definition) is 3. The molecule has 1 heterocycles. The third-order valence-electron chi connectivity index (χ3n) is 3.67. The van der Waals surface area contributed by atoms with Crippen LogP contribution in [0.4, 0.5) is 0 Å². The van der Waals surface area contributed by atoms with E-state index in [1.807, 2.05) is 12.1 Å². The van der Waals surface area contributed by atoms with E-state index < -0.39 is 6.04 Å². The molecule has 1 aromatic carbocycles. The zero-order valence-electron chi connectivity index (χ0n) is 12.6. The molecule has 114 valence electrons. The van der Waals surface area contributed by atoms with Gasteiger partial charge in [-0.2, -0.15) is 0 Å².